The van der Waals surface area contributed by atoms with Gasteiger partial charge in [-0.15, -0.1) is 0 Å². The van der Waals surface area contributed by atoms with Crippen molar-refractivity contribution < 1.29 is 9.59 Å². The quantitative estimate of drug-likeness (QED) is 0.794. The second-order valence-electron chi connectivity index (χ2n) is 4.04. The Bertz CT molecular complexity index is 444. The summed E-state index contributed by atoms with van der Waals surface area (Å²) in [6.45, 7) is 3.93. The van der Waals surface area contributed by atoms with Gasteiger partial charge in [0.25, 0.3) is 5.91 Å². The summed E-state index contributed by atoms with van der Waals surface area (Å²) in [4.78, 5) is 28.9. The first-order valence-corrected chi connectivity index (χ1v) is 5.96. The summed E-state index contributed by atoms with van der Waals surface area (Å²) in [5, 5.41) is 5.79. The van der Waals surface area contributed by atoms with Gasteiger partial charge in [0.05, 0.1) is 18.4 Å². The molecular weight excluding hydrogens is 232 g/mol. The van der Waals surface area contributed by atoms with E-state index in [1.54, 1.807) is 12.3 Å². The molecule has 1 aliphatic rings. The standard InChI is InChI=1S/C12H16N4O2/c1-2-13-9-3-4-10(15-7-9)12(18)16-6-5-14-11(17)8-16/h3-4,7,13H,2,5-6,8H2,1H3,(H,14,17). The largest absolute Gasteiger partial charge is 0.384 e. The maximum absolute atomic E-state index is 12.1. The molecule has 1 saturated heterocycles. The molecule has 2 rings (SSSR count). The summed E-state index contributed by atoms with van der Waals surface area (Å²) < 4.78 is 0. The van der Waals surface area contributed by atoms with Crippen LogP contribution in [0.4, 0.5) is 5.69 Å². The normalized spacial score (nSPS) is 15.2. The van der Waals surface area contributed by atoms with Gasteiger partial charge in [-0.2, -0.15) is 0 Å². The first kappa shape index (κ1) is 12.3. The van der Waals surface area contributed by atoms with E-state index in [1.165, 1.54) is 4.90 Å². The Morgan fingerprint density at radius 2 is 2.39 bits per heavy atom. The summed E-state index contributed by atoms with van der Waals surface area (Å²) in [6.07, 6.45) is 1.63. The van der Waals surface area contributed by atoms with Gasteiger partial charge in [0, 0.05) is 19.6 Å². The first-order chi connectivity index (χ1) is 8.70. The SMILES string of the molecule is CCNc1ccc(C(=O)N2CCNC(=O)C2)nc1. The number of anilines is 1. The Hall–Kier alpha value is -2.11. The number of amides is 2. The molecule has 1 aliphatic heterocycles. The van der Waals surface area contributed by atoms with Gasteiger partial charge in [-0.25, -0.2) is 4.98 Å². The highest BCUT2D eigenvalue weighted by atomic mass is 16.2. The molecule has 1 aromatic rings. The van der Waals surface area contributed by atoms with Crippen LogP contribution in [0.15, 0.2) is 18.3 Å². The molecule has 0 aliphatic carbocycles. The van der Waals surface area contributed by atoms with Crippen LogP contribution in [0.5, 0.6) is 0 Å². The maximum Gasteiger partial charge on any atom is 0.272 e. The van der Waals surface area contributed by atoms with Gasteiger partial charge < -0.3 is 15.5 Å². The third kappa shape index (κ3) is 2.77. The fraction of sp³-hybridized carbons (Fsp3) is 0.417. The van der Waals surface area contributed by atoms with Gasteiger partial charge in [-0.05, 0) is 19.1 Å². The topological polar surface area (TPSA) is 74.3 Å². The molecule has 2 heterocycles. The minimum Gasteiger partial charge on any atom is -0.384 e. The number of hydrogen-bond donors (Lipinski definition) is 2. The molecule has 0 unspecified atom stereocenters. The minimum absolute atomic E-state index is 0.107. The highest BCUT2D eigenvalue weighted by Gasteiger charge is 2.22. The Morgan fingerprint density at radius 1 is 1.56 bits per heavy atom. The highest BCUT2D eigenvalue weighted by molar-refractivity contribution is 5.95. The number of carbonyl (C=O) groups is 2. The molecule has 0 radical (unpaired) electrons. The number of nitrogens with zero attached hydrogens (tertiary/aromatic N) is 2. The molecule has 96 valence electrons. The lowest BCUT2D eigenvalue weighted by Gasteiger charge is -2.26. The van der Waals surface area contributed by atoms with Gasteiger partial charge in [0.15, 0.2) is 0 Å². The van der Waals surface area contributed by atoms with Crippen LogP contribution in [0.1, 0.15) is 17.4 Å². The fourth-order valence-corrected chi connectivity index (χ4v) is 1.80. The van der Waals surface area contributed by atoms with Gasteiger partial charge in [0.1, 0.15) is 5.69 Å². The molecule has 0 aromatic carbocycles. The molecule has 0 spiro atoms. The Morgan fingerprint density at radius 3 is 3.00 bits per heavy atom. The van der Waals surface area contributed by atoms with E-state index in [0.717, 1.165) is 12.2 Å². The average Bonchev–Trinajstić information content (AvgIpc) is 2.39. The zero-order chi connectivity index (χ0) is 13.0. The van der Waals surface area contributed by atoms with Crippen LogP contribution in [-0.2, 0) is 4.79 Å². The zero-order valence-electron chi connectivity index (χ0n) is 10.3. The van der Waals surface area contributed by atoms with E-state index in [9.17, 15) is 9.59 Å². The second-order valence-corrected chi connectivity index (χ2v) is 4.04. The van der Waals surface area contributed by atoms with E-state index in [2.05, 4.69) is 15.6 Å². The zero-order valence-corrected chi connectivity index (χ0v) is 10.3. The third-order valence-corrected chi connectivity index (χ3v) is 2.69. The molecule has 0 bridgehead atoms. The number of carbonyl (C=O) groups excluding carboxylic acids is 2. The van der Waals surface area contributed by atoms with E-state index in [-0.39, 0.29) is 18.4 Å². The lowest BCUT2D eigenvalue weighted by atomic mass is 10.2. The summed E-state index contributed by atoms with van der Waals surface area (Å²) >= 11 is 0. The molecule has 6 heteroatoms. The lowest BCUT2D eigenvalue weighted by molar-refractivity contribution is -0.123. The number of aromatic nitrogens is 1. The molecule has 2 N–H and O–H groups in total. The van der Waals surface area contributed by atoms with Crippen LogP contribution < -0.4 is 10.6 Å². The molecule has 1 fully saturated rings. The van der Waals surface area contributed by atoms with Crippen molar-refractivity contribution in [3.63, 3.8) is 0 Å². The number of hydrogen-bond acceptors (Lipinski definition) is 4. The van der Waals surface area contributed by atoms with Crippen molar-refractivity contribution >= 4 is 17.5 Å². The summed E-state index contributed by atoms with van der Waals surface area (Å²) in [7, 11) is 0. The number of nitrogens with one attached hydrogen (secondary N) is 2. The number of pyridine rings is 1. The van der Waals surface area contributed by atoms with E-state index >= 15 is 0 Å². The van der Waals surface area contributed by atoms with Crippen LogP contribution in [-0.4, -0.2) is 47.9 Å². The summed E-state index contributed by atoms with van der Waals surface area (Å²) in [6, 6.07) is 3.49. The van der Waals surface area contributed by atoms with Crippen molar-refractivity contribution in [2.24, 2.45) is 0 Å². The first-order valence-electron chi connectivity index (χ1n) is 5.96. The van der Waals surface area contributed by atoms with Crippen molar-refractivity contribution in [1.29, 1.82) is 0 Å². The predicted octanol–water partition coefficient (Wildman–Crippen LogP) is 0.0854. The second kappa shape index (κ2) is 5.48. The van der Waals surface area contributed by atoms with Gasteiger partial charge in [-0.3, -0.25) is 9.59 Å². The Labute approximate surface area is 105 Å². The van der Waals surface area contributed by atoms with Crippen molar-refractivity contribution in [2.75, 3.05) is 31.5 Å². The molecule has 1 aromatic heterocycles. The van der Waals surface area contributed by atoms with Crippen molar-refractivity contribution in [1.82, 2.24) is 15.2 Å². The van der Waals surface area contributed by atoms with Gasteiger partial charge >= 0.3 is 0 Å². The Balaban J connectivity index is 2.06. The molecule has 0 atom stereocenters. The van der Waals surface area contributed by atoms with E-state index in [1.807, 2.05) is 13.0 Å². The van der Waals surface area contributed by atoms with E-state index in [0.29, 0.717) is 18.8 Å². The summed E-state index contributed by atoms with van der Waals surface area (Å²) in [5.74, 6) is -0.327. The molecule has 18 heavy (non-hydrogen) atoms. The van der Waals surface area contributed by atoms with E-state index in [4.69, 9.17) is 0 Å². The average molecular weight is 248 g/mol. The summed E-state index contributed by atoms with van der Waals surface area (Å²) in [5.41, 5.74) is 1.25. The highest BCUT2D eigenvalue weighted by Crippen LogP contribution is 2.08. The van der Waals surface area contributed by atoms with Crippen LogP contribution in [0.25, 0.3) is 0 Å². The molecule has 2 amide bonds. The smallest absolute Gasteiger partial charge is 0.272 e. The van der Waals surface area contributed by atoms with Crippen LogP contribution in [0, 0.1) is 0 Å². The molecular formula is C12H16N4O2. The van der Waals surface area contributed by atoms with Gasteiger partial charge in [0.2, 0.25) is 5.91 Å². The lowest BCUT2D eigenvalue weighted by Crippen LogP contribution is -2.50. The molecule has 6 nitrogen and oxygen atoms in total. The van der Waals surface area contributed by atoms with Crippen molar-refractivity contribution in [2.45, 2.75) is 6.92 Å². The molecule has 0 saturated carbocycles. The fourth-order valence-electron chi connectivity index (χ4n) is 1.80. The Kier molecular flexibility index (Phi) is 3.76. The van der Waals surface area contributed by atoms with E-state index < -0.39 is 0 Å². The van der Waals surface area contributed by atoms with Gasteiger partial charge in [-0.1, -0.05) is 0 Å². The van der Waals surface area contributed by atoms with Crippen LogP contribution >= 0.6 is 0 Å². The van der Waals surface area contributed by atoms with Crippen molar-refractivity contribution in [3.8, 4) is 0 Å². The maximum atomic E-state index is 12.1. The minimum atomic E-state index is -0.201. The van der Waals surface area contributed by atoms with Crippen molar-refractivity contribution in [3.05, 3.63) is 24.0 Å². The van der Waals surface area contributed by atoms with Crippen LogP contribution in [0.2, 0.25) is 0 Å². The van der Waals surface area contributed by atoms with Crippen LogP contribution in [0.3, 0.4) is 0 Å². The third-order valence-electron chi connectivity index (χ3n) is 2.69. The number of rotatable bonds is 3. The monoisotopic (exact) mass is 248 g/mol. The predicted molar refractivity (Wildman–Crippen MR) is 67.3 cm³/mol. The number of piperazine rings is 1.